The molecule has 0 saturated carbocycles. The Hall–Kier alpha value is -1.35. The highest BCUT2D eigenvalue weighted by atomic mass is 16.6. The minimum atomic E-state index is -0.472. The first-order valence-electron chi connectivity index (χ1n) is 7.55. The summed E-state index contributed by atoms with van der Waals surface area (Å²) in [5, 5.41) is 0. The number of rotatable bonds is 4. The van der Waals surface area contributed by atoms with Gasteiger partial charge in [-0.25, -0.2) is 0 Å². The van der Waals surface area contributed by atoms with Crippen LogP contribution in [0.1, 0.15) is 52.7 Å². The Kier molecular flexibility index (Phi) is 5.57. The van der Waals surface area contributed by atoms with Crippen LogP contribution in [0.3, 0.4) is 0 Å². The fourth-order valence-corrected chi connectivity index (χ4v) is 2.07. The van der Waals surface area contributed by atoms with Crippen molar-refractivity contribution in [3.05, 3.63) is 35.4 Å². The molecule has 1 unspecified atom stereocenters. The van der Waals surface area contributed by atoms with Gasteiger partial charge < -0.3 is 10.5 Å². The third-order valence-corrected chi connectivity index (χ3v) is 3.33. The molecule has 0 aliphatic carbocycles. The van der Waals surface area contributed by atoms with Gasteiger partial charge in [-0.3, -0.25) is 4.79 Å². The van der Waals surface area contributed by atoms with Gasteiger partial charge in [-0.05, 0) is 43.7 Å². The van der Waals surface area contributed by atoms with Gasteiger partial charge >= 0.3 is 5.97 Å². The Morgan fingerprint density at radius 1 is 1.10 bits per heavy atom. The van der Waals surface area contributed by atoms with Crippen LogP contribution in [0, 0.1) is 5.92 Å². The highest BCUT2D eigenvalue weighted by molar-refractivity contribution is 5.73. The number of ether oxygens (including phenoxy) is 1. The molecule has 0 aliphatic rings. The van der Waals surface area contributed by atoms with E-state index in [0.717, 1.165) is 5.56 Å². The van der Waals surface area contributed by atoms with Crippen LogP contribution in [0.15, 0.2) is 24.3 Å². The highest BCUT2D eigenvalue weighted by Gasteiger charge is 2.24. The fourth-order valence-electron chi connectivity index (χ4n) is 2.07. The van der Waals surface area contributed by atoms with Gasteiger partial charge in [0.05, 0.1) is 5.92 Å². The third-order valence-electron chi connectivity index (χ3n) is 3.33. The molecule has 2 N–H and O–H groups in total. The van der Waals surface area contributed by atoms with Crippen molar-refractivity contribution in [3.63, 3.8) is 0 Å². The van der Waals surface area contributed by atoms with E-state index in [-0.39, 0.29) is 17.3 Å². The van der Waals surface area contributed by atoms with Gasteiger partial charge in [0.15, 0.2) is 0 Å². The quantitative estimate of drug-likeness (QED) is 0.865. The summed E-state index contributed by atoms with van der Waals surface area (Å²) in [5.41, 5.74) is 7.80. The van der Waals surface area contributed by atoms with Crippen LogP contribution >= 0.6 is 0 Å². The van der Waals surface area contributed by atoms with E-state index >= 15 is 0 Å². The van der Waals surface area contributed by atoms with Crippen molar-refractivity contribution in [1.29, 1.82) is 0 Å². The average molecular weight is 291 g/mol. The van der Waals surface area contributed by atoms with Crippen LogP contribution in [-0.4, -0.2) is 18.1 Å². The number of hydrogen-bond donors (Lipinski definition) is 1. The Morgan fingerprint density at radius 3 is 2.00 bits per heavy atom. The van der Waals surface area contributed by atoms with Gasteiger partial charge in [0, 0.05) is 6.54 Å². The summed E-state index contributed by atoms with van der Waals surface area (Å²) >= 11 is 0. The SMILES string of the molecule is CC(C)(C)OC(=O)C(CN)Cc1ccc(C(C)(C)C)cc1. The maximum absolute atomic E-state index is 12.1. The molecule has 3 nitrogen and oxygen atoms in total. The minimum Gasteiger partial charge on any atom is -0.460 e. The molecule has 0 aliphatic heterocycles. The summed E-state index contributed by atoms with van der Waals surface area (Å²) < 4.78 is 5.42. The van der Waals surface area contributed by atoms with Crippen LogP contribution in [0.4, 0.5) is 0 Å². The standard InChI is InChI=1S/C18H29NO2/c1-17(2,3)15-9-7-13(8-10-15)11-14(12-19)16(20)21-18(4,5)6/h7-10,14H,11-12,19H2,1-6H3. The van der Waals surface area contributed by atoms with Crippen LogP contribution in [0.5, 0.6) is 0 Å². The molecule has 0 amide bonds. The number of carbonyl (C=O) groups is 1. The average Bonchev–Trinajstić information content (AvgIpc) is 2.33. The lowest BCUT2D eigenvalue weighted by Gasteiger charge is -2.24. The first-order chi connectivity index (χ1) is 9.53. The molecular weight excluding hydrogens is 262 g/mol. The first kappa shape index (κ1) is 17.7. The van der Waals surface area contributed by atoms with E-state index in [1.807, 2.05) is 20.8 Å². The molecule has 118 valence electrons. The van der Waals surface area contributed by atoms with Crippen molar-refractivity contribution >= 4 is 5.97 Å². The second-order valence-corrected chi connectivity index (χ2v) is 7.62. The smallest absolute Gasteiger partial charge is 0.311 e. The second kappa shape index (κ2) is 6.61. The molecule has 0 aromatic heterocycles. The van der Waals surface area contributed by atoms with Crippen molar-refractivity contribution in [1.82, 2.24) is 0 Å². The molecule has 0 bridgehead atoms. The first-order valence-corrected chi connectivity index (χ1v) is 7.55. The molecular formula is C18H29NO2. The maximum Gasteiger partial charge on any atom is 0.311 e. The van der Waals surface area contributed by atoms with E-state index < -0.39 is 5.60 Å². The molecule has 1 rings (SSSR count). The molecule has 0 fully saturated rings. The van der Waals surface area contributed by atoms with Gasteiger partial charge in [0.2, 0.25) is 0 Å². The number of carbonyl (C=O) groups excluding carboxylic acids is 1. The summed E-state index contributed by atoms with van der Waals surface area (Å²) in [6.45, 7) is 12.5. The highest BCUT2D eigenvalue weighted by Crippen LogP contribution is 2.23. The van der Waals surface area contributed by atoms with E-state index in [9.17, 15) is 4.79 Å². The van der Waals surface area contributed by atoms with Gasteiger partial charge in [0.25, 0.3) is 0 Å². The third kappa shape index (κ3) is 5.88. The van der Waals surface area contributed by atoms with Gasteiger partial charge in [-0.1, -0.05) is 45.0 Å². The van der Waals surface area contributed by atoms with Gasteiger partial charge in [-0.15, -0.1) is 0 Å². The number of nitrogens with two attached hydrogens (primary N) is 1. The fraction of sp³-hybridized carbons (Fsp3) is 0.611. The van der Waals surface area contributed by atoms with E-state index in [2.05, 4.69) is 45.0 Å². The Bertz CT molecular complexity index is 463. The van der Waals surface area contributed by atoms with E-state index in [1.165, 1.54) is 5.56 Å². The molecule has 1 aromatic carbocycles. The number of benzene rings is 1. The van der Waals surface area contributed by atoms with Crippen LogP contribution < -0.4 is 5.73 Å². The Labute approximate surface area is 128 Å². The monoisotopic (exact) mass is 291 g/mol. The van der Waals surface area contributed by atoms with Crippen molar-refractivity contribution in [2.45, 2.75) is 59.0 Å². The summed E-state index contributed by atoms with van der Waals surface area (Å²) in [5.74, 6) is -0.505. The molecule has 3 heteroatoms. The predicted molar refractivity (Wildman–Crippen MR) is 87.2 cm³/mol. The van der Waals surface area contributed by atoms with Gasteiger partial charge in [0.1, 0.15) is 5.60 Å². The van der Waals surface area contributed by atoms with Crippen LogP contribution in [-0.2, 0) is 21.4 Å². The molecule has 1 atom stereocenters. The van der Waals surface area contributed by atoms with E-state index in [1.54, 1.807) is 0 Å². The molecule has 0 saturated heterocycles. The summed E-state index contributed by atoms with van der Waals surface area (Å²) in [6, 6.07) is 8.40. The Morgan fingerprint density at radius 2 is 1.62 bits per heavy atom. The molecule has 0 spiro atoms. The predicted octanol–water partition coefficient (Wildman–Crippen LogP) is 3.44. The van der Waals surface area contributed by atoms with Crippen LogP contribution in [0.25, 0.3) is 0 Å². The molecule has 0 radical (unpaired) electrons. The lowest BCUT2D eigenvalue weighted by atomic mass is 9.86. The molecule has 0 heterocycles. The molecule has 21 heavy (non-hydrogen) atoms. The molecule has 1 aromatic rings. The zero-order valence-electron chi connectivity index (χ0n) is 14.2. The zero-order valence-corrected chi connectivity index (χ0v) is 14.2. The topological polar surface area (TPSA) is 52.3 Å². The maximum atomic E-state index is 12.1. The van der Waals surface area contributed by atoms with E-state index in [4.69, 9.17) is 10.5 Å². The Balaban J connectivity index is 2.76. The second-order valence-electron chi connectivity index (χ2n) is 7.62. The van der Waals surface area contributed by atoms with Crippen LogP contribution in [0.2, 0.25) is 0 Å². The lowest BCUT2D eigenvalue weighted by Crippen LogP contribution is -2.33. The van der Waals surface area contributed by atoms with Crippen molar-refractivity contribution in [3.8, 4) is 0 Å². The largest absolute Gasteiger partial charge is 0.460 e. The minimum absolute atomic E-state index is 0.136. The zero-order chi connectivity index (χ0) is 16.3. The normalized spacial score (nSPS) is 13.9. The summed E-state index contributed by atoms with van der Waals surface area (Å²) in [4.78, 5) is 12.1. The van der Waals surface area contributed by atoms with Crippen molar-refractivity contribution in [2.24, 2.45) is 11.7 Å². The summed E-state index contributed by atoms with van der Waals surface area (Å²) in [6.07, 6.45) is 0.621. The van der Waals surface area contributed by atoms with Crippen molar-refractivity contribution in [2.75, 3.05) is 6.54 Å². The van der Waals surface area contributed by atoms with Crippen molar-refractivity contribution < 1.29 is 9.53 Å². The van der Waals surface area contributed by atoms with Gasteiger partial charge in [-0.2, -0.15) is 0 Å². The van der Waals surface area contributed by atoms with E-state index in [0.29, 0.717) is 13.0 Å². The summed E-state index contributed by atoms with van der Waals surface area (Å²) in [7, 11) is 0. The lowest BCUT2D eigenvalue weighted by molar-refractivity contribution is -0.159. The number of esters is 1. The number of hydrogen-bond acceptors (Lipinski definition) is 3.